The van der Waals surface area contributed by atoms with E-state index < -0.39 is 0 Å². The maximum Gasteiger partial charge on any atom is 0.227 e. The first kappa shape index (κ1) is 15.9. The third-order valence-corrected chi connectivity index (χ3v) is 4.37. The number of hydrogen-bond donors (Lipinski definition) is 1. The maximum atomic E-state index is 12.7. The molecule has 1 aromatic carbocycles. The summed E-state index contributed by atoms with van der Waals surface area (Å²) in [5, 5.41) is 0. The van der Waals surface area contributed by atoms with Crippen LogP contribution in [0, 0.1) is 5.92 Å². The van der Waals surface area contributed by atoms with Crippen LogP contribution in [0.5, 0.6) is 0 Å². The molecule has 2 rings (SSSR count). The Morgan fingerprint density at radius 3 is 2.43 bits per heavy atom. The first-order chi connectivity index (χ1) is 10.1. The molecule has 1 saturated carbocycles. The van der Waals surface area contributed by atoms with Gasteiger partial charge >= 0.3 is 0 Å². The molecule has 0 unspecified atom stereocenters. The number of nitrogens with zero attached hydrogens (tertiary/aromatic N) is 1. The van der Waals surface area contributed by atoms with Crippen LogP contribution < -0.4 is 5.73 Å². The molecule has 0 aliphatic heterocycles. The molecule has 0 aromatic heterocycles. The van der Waals surface area contributed by atoms with Gasteiger partial charge in [-0.3, -0.25) is 4.79 Å². The van der Waals surface area contributed by atoms with Crippen molar-refractivity contribution in [1.29, 1.82) is 0 Å². The van der Waals surface area contributed by atoms with Crippen molar-refractivity contribution in [3.05, 3.63) is 29.8 Å². The summed E-state index contributed by atoms with van der Waals surface area (Å²) in [6, 6.07) is 8.13. The molecule has 0 radical (unpaired) electrons. The van der Waals surface area contributed by atoms with E-state index in [0.29, 0.717) is 18.4 Å². The molecular weight excluding hydrogens is 260 g/mol. The van der Waals surface area contributed by atoms with Crippen molar-refractivity contribution >= 4 is 11.6 Å². The molecule has 3 nitrogen and oxygen atoms in total. The Morgan fingerprint density at radius 1 is 1.24 bits per heavy atom. The van der Waals surface area contributed by atoms with Gasteiger partial charge in [0.25, 0.3) is 0 Å². The largest absolute Gasteiger partial charge is 0.399 e. The van der Waals surface area contributed by atoms with E-state index in [4.69, 9.17) is 5.73 Å². The number of amides is 1. The summed E-state index contributed by atoms with van der Waals surface area (Å²) < 4.78 is 0. The van der Waals surface area contributed by atoms with Crippen molar-refractivity contribution < 1.29 is 4.79 Å². The Balaban J connectivity index is 2.00. The first-order valence-electron chi connectivity index (χ1n) is 8.20. The molecule has 0 atom stereocenters. The molecule has 21 heavy (non-hydrogen) atoms. The number of carbonyl (C=O) groups is 1. The zero-order valence-electron chi connectivity index (χ0n) is 13.3. The summed E-state index contributed by atoms with van der Waals surface area (Å²) in [6.07, 6.45) is 6.45. The minimum absolute atomic E-state index is 0.271. The summed E-state index contributed by atoms with van der Waals surface area (Å²) in [5.74, 6) is 0.908. The maximum absolute atomic E-state index is 12.7. The lowest BCUT2D eigenvalue weighted by atomic mass is 10.1. The van der Waals surface area contributed by atoms with Gasteiger partial charge in [-0.05, 0) is 42.9 Å². The van der Waals surface area contributed by atoms with Crippen molar-refractivity contribution in [2.75, 3.05) is 12.3 Å². The molecule has 1 aliphatic rings. The average Bonchev–Trinajstić information content (AvgIpc) is 2.95. The highest BCUT2D eigenvalue weighted by atomic mass is 16.2. The van der Waals surface area contributed by atoms with E-state index in [1.807, 2.05) is 24.3 Å². The summed E-state index contributed by atoms with van der Waals surface area (Å²) in [5.41, 5.74) is 7.51. The summed E-state index contributed by atoms with van der Waals surface area (Å²) in [7, 11) is 0. The Kier molecular flexibility index (Phi) is 5.66. The van der Waals surface area contributed by atoms with E-state index in [-0.39, 0.29) is 5.91 Å². The molecular formula is C18H28N2O. The lowest BCUT2D eigenvalue weighted by molar-refractivity contribution is -0.132. The zero-order chi connectivity index (χ0) is 15.2. The normalized spacial score (nSPS) is 15.6. The highest BCUT2D eigenvalue weighted by Gasteiger charge is 2.26. The summed E-state index contributed by atoms with van der Waals surface area (Å²) in [6.45, 7) is 5.34. The second-order valence-corrected chi connectivity index (χ2v) is 6.63. The molecule has 0 spiro atoms. The topological polar surface area (TPSA) is 46.3 Å². The average molecular weight is 288 g/mol. The zero-order valence-corrected chi connectivity index (χ0v) is 13.3. The predicted molar refractivity (Wildman–Crippen MR) is 88.0 cm³/mol. The van der Waals surface area contributed by atoms with E-state index in [9.17, 15) is 4.79 Å². The number of anilines is 1. The van der Waals surface area contributed by atoms with Crippen molar-refractivity contribution in [3.63, 3.8) is 0 Å². The minimum atomic E-state index is 0.271. The van der Waals surface area contributed by atoms with Crippen LogP contribution in [-0.2, 0) is 11.2 Å². The number of rotatable bonds is 6. The molecule has 0 bridgehead atoms. The molecule has 2 N–H and O–H groups in total. The number of carbonyl (C=O) groups excluding carboxylic acids is 1. The lowest BCUT2D eigenvalue weighted by Crippen LogP contribution is -2.40. The van der Waals surface area contributed by atoms with Crippen molar-refractivity contribution in [2.45, 2.75) is 58.4 Å². The Labute approximate surface area is 128 Å². The van der Waals surface area contributed by atoms with Crippen LogP contribution in [0.1, 0.15) is 51.5 Å². The summed E-state index contributed by atoms with van der Waals surface area (Å²) >= 11 is 0. The Bertz CT molecular complexity index is 447. The van der Waals surface area contributed by atoms with Gasteiger partial charge in [-0.25, -0.2) is 0 Å². The monoisotopic (exact) mass is 288 g/mol. The first-order valence-corrected chi connectivity index (χ1v) is 8.20. The molecule has 3 heteroatoms. The van der Waals surface area contributed by atoms with Gasteiger partial charge in [0, 0.05) is 18.3 Å². The number of nitrogen functional groups attached to an aromatic ring is 1. The van der Waals surface area contributed by atoms with E-state index >= 15 is 0 Å². The second kappa shape index (κ2) is 7.48. The fourth-order valence-electron chi connectivity index (χ4n) is 3.04. The van der Waals surface area contributed by atoms with E-state index in [1.165, 1.54) is 25.7 Å². The quantitative estimate of drug-likeness (QED) is 0.813. The smallest absolute Gasteiger partial charge is 0.227 e. The second-order valence-electron chi connectivity index (χ2n) is 6.63. The van der Waals surface area contributed by atoms with Gasteiger partial charge in [0.1, 0.15) is 0 Å². The molecule has 0 saturated heterocycles. The lowest BCUT2D eigenvalue weighted by Gasteiger charge is -2.30. The third-order valence-electron chi connectivity index (χ3n) is 4.37. The van der Waals surface area contributed by atoms with Gasteiger partial charge < -0.3 is 10.6 Å². The van der Waals surface area contributed by atoms with E-state index in [1.54, 1.807) is 0 Å². The SMILES string of the molecule is CC(C)CCN(C(=O)Cc1ccc(N)cc1)C1CCCC1. The van der Waals surface area contributed by atoms with Crippen LogP contribution >= 0.6 is 0 Å². The van der Waals surface area contributed by atoms with Crippen LogP contribution in [0.2, 0.25) is 0 Å². The number of benzene rings is 1. The van der Waals surface area contributed by atoms with Crippen LogP contribution in [0.3, 0.4) is 0 Å². The molecule has 1 aromatic rings. The third kappa shape index (κ3) is 4.76. The van der Waals surface area contributed by atoms with E-state index in [2.05, 4.69) is 18.7 Å². The Hall–Kier alpha value is -1.51. The standard InChI is InChI=1S/C18H28N2O/c1-14(2)11-12-20(17-5-3-4-6-17)18(21)13-15-7-9-16(19)10-8-15/h7-10,14,17H,3-6,11-13,19H2,1-2H3. The molecule has 0 heterocycles. The van der Waals surface area contributed by atoms with Crippen LogP contribution in [0.15, 0.2) is 24.3 Å². The molecule has 1 amide bonds. The van der Waals surface area contributed by atoms with Crippen LogP contribution in [0.4, 0.5) is 5.69 Å². The fraction of sp³-hybridized carbons (Fsp3) is 0.611. The molecule has 1 aliphatic carbocycles. The van der Waals surface area contributed by atoms with Crippen molar-refractivity contribution in [1.82, 2.24) is 4.90 Å². The Morgan fingerprint density at radius 2 is 1.86 bits per heavy atom. The van der Waals surface area contributed by atoms with Gasteiger partial charge in [0.15, 0.2) is 0 Å². The van der Waals surface area contributed by atoms with Gasteiger partial charge in [-0.15, -0.1) is 0 Å². The highest BCUT2D eigenvalue weighted by Crippen LogP contribution is 2.25. The predicted octanol–water partition coefficient (Wildman–Crippen LogP) is 3.63. The van der Waals surface area contributed by atoms with E-state index in [0.717, 1.165) is 24.2 Å². The van der Waals surface area contributed by atoms with Gasteiger partial charge in [-0.2, -0.15) is 0 Å². The number of nitrogens with two attached hydrogens (primary N) is 1. The van der Waals surface area contributed by atoms with Gasteiger partial charge in [0.2, 0.25) is 5.91 Å². The summed E-state index contributed by atoms with van der Waals surface area (Å²) in [4.78, 5) is 14.8. The number of hydrogen-bond acceptors (Lipinski definition) is 2. The van der Waals surface area contributed by atoms with Crippen LogP contribution in [0.25, 0.3) is 0 Å². The molecule has 1 fully saturated rings. The van der Waals surface area contributed by atoms with Crippen LogP contribution in [-0.4, -0.2) is 23.4 Å². The highest BCUT2D eigenvalue weighted by molar-refractivity contribution is 5.79. The van der Waals surface area contributed by atoms with Crippen molar-refractivity contribution in [3.8, 4) is 0 Å². The fourth-order valence-corrected chi connectivity index (χ4v) is 3.04. The minimum Gasteiger partial charge on any atom is -0.399 e. The van der Waals surface area contributed by atoms with Crippen molar-refractivity contribution in [2.24, 2.45) is 5.92 Å². The van der Waals surface area contributed by atoms with Gasteiger partial charge in [0.05, 0.1) is 6.42 Å². The molecule has 116 valence electrons. The van der Waals surface area contributed by atoms with Gasteiger partial charge in [-0.1, -0.05) is 38.8 Å².